The topological polar surface area (TPSA) is 74.7 Å². The van der Waals surface area contributed by atoms with Gasteiger partial charge in [0.05, 0.1) is 12.5 Å². The number of oxazole rings is 1. The predicted molar refractivity (Wildman–Crippen MR) is 50.5 cm³/mol. The largest absolute Gasteiger partial charge is 0.422 e. The Morgan fingerprint density at radius 3 is 3.29 bits per heavy atom. The van der Waals surface area contributed by atoms with Crippen LogP contribution in [0, 0.1) is 11.3 Å². The molecule has 5 nitrogen and oxygen atoms in total. The Labute approximate surface area is 80.4 Å². The van der Waals surface area contributed by atoms with E-state index >= 15 is 0 Å². The molecule has 0 radical (unpaired) electrons. The van der Waals surface area contributed by atoms with Gasteiger partial charge in [-0.05, 0) is 12.1 Å². The maximum atomic E-state index is 8.33. The van der Waals surface area contributed by atoms with E-state index in [1.807, 2.05) is 6.07 Å². The van der Waals surface area contributed by atoms with Gasteiger partial charge >= 0.3 is 0 Å². The molecule has 0 fully saturated rings. The molecular weight excluding hydrogens is 180 g/mol. The van der Waals surface area contributed by atoms with E-state index in [4.69, 9.17) is 9.68 Å². The van der Waals surface area contributed by atoms with Crippen LogP contribution in [0.4, 0.5) is 6.01 Å². The summed E-state index contributed by atoms with van der Waals surface area (Å²) in [6, 6.07) is 6.02. The lowest BCUT2D eigenvalue weighted by molar-refractivity contribution is 0.615. The summed E-state index contributed by atoms with van der Waals surface area (Å²) in [4.78, 5) is 8.11. The van der Waals surface area contributed by atoms with E-state index in [9.17, 15) is 0 Å². The van der Waals surface area contributed by atoms with Gasteiger partial charge in [0.25, 0.3) is 6.01 Å². The summed E-state index contributed by atoms with van der Waals surface area (Å²) >= 11 is 0. The van der Waals surface area contributed by atoms with E-state index in [0.717, 1.165) is 0 Å². The molecule has 0 saturated heterocycles. The summed E-state index contributed by atoms with van der Waals surface area (Å²) in [5.74, 6) is 0. The first-order valence-electron chi connectivity index (χ1n) is 4.22. The highest BCUT2D eigenvalue weighted by Gasteiger charge is 2.03. The molecule has 70 valence electrons. The molecule has 14 heavy (non-hydrogen) atoms. The van der Waals surface area contributed by atoms with E-state index in [0.29, 0.717) is 30.2 Å². The minimum Gasteiger partial charge on any atom is -0.422 e. The maximum Gasteiger partial charge on any atom is 0.297 e. The molecule has 0 aliphatic carbocycles. The molecule has 0 amide bonds. The molecule has 0 saturated carbocycles. The third-order valence-corrected chi connectivity index (χ3v) is 1.68. The highest BCUT2D eigenvalue weighted by atomic mass is 16.4. The minimum absolute atomic E-state index is 0.411. The first-order chi connectivity index (χ1) is 6.90. The summed E-state index contributed by atoms with van der Waals surface area (Å²) in [5, 5.41) is 11.2. The molecule has 5 heteroatoms. The number of nitrogens with one attached hydrogen (secondary N) is 1. The molecule has 2 heterocycles. The smallest absolute Gasteiger partial charge is 0.297 e. The Morgan fingerprint density at radius 2 is 2.50 bits per heavy atom. The third kappa shape index (κ3) is 1.64. The number of pyridine rings is 1. The Morgan fingerprint density at radius 1 is 1.57 bits per heavy atom. The van der Waals surface area contributed by atoms with Gasteiger partial charge in [0.1, 0.15) is 0 Å². The van der Waals surface area contributed by atoms with E-state index in [1.165, 1.54) is 0 Å². The number of anilines is 1. The molecule has 0 unspecified atom stereocenters. The van der Waals surface area contributed by atoms with Crippen molar-refractivity contribution in [2.45, 2.75) is 6.42 Å². The standard InChI is InChI=1S/C9H8N4O/c10-4-2-6-12-9-13-8-7(14-9)3-1-5-11-8/h1,3,5H,2,6H2,(H,11,12,13). The lowest BCUT2D eigenvalue weighted by Crippen LogP contribution is -1.99. The van der Waals surface area contributed by atoms with Crippen molar-refractivity contribution < 1.29 is 4.42 Å². The van der Waals surface area contributed by atoms with Crippen molar-refractivity contribution in [1.29, 1.82) is 5.26 Å². The second-order valence-electron chi connectivity index (χ2n) is 2.68. The van der Waals surface area contributed by atoms with Gasteiger partial charge < -0.3 is 9.73 Å². The zero-order chi connectivity index (χ0) is 9.80. The molecule has 0 atom stereocenters. The molecule has 0 bridgehead atoms. The van der Waals surface area contributed by atoms with Gasteiger partial charge in [-0.25, -0.2) is 4.98 Å². The van der Waals surface area contributed by atoms with Crippen LogP contribution in [0.3, 0.4) is 0 Å². The van der Waals surface area contributed by atoms with Crippen molar-refractivity contribution >= 4 is 17.2 Å². The zero-order valence-corrected chi connectivity index (χ0v) is 7.40. The fourth-order valence-electron chi connectivity index (χ4n) is 1.07. The molecule has 0 spiro atoms. The van der Waals surface area contributed by atoms with E-state index in [1.54, 1.807) is 18.3 Å². The van der Waals surface area contributed by atoms with Crippen molar-refractivity contribution in [3.63, 3.8) is 0 Å². The van der Waals surface area contributed by atoms with Gasteiger partial charge in [-0.15, -0.1) is 0 Å². The van der Waals surface area contributed by atoms with Crippen LogP contribution in [0.15, 0.2) is 22.7 Å². The molecule has 2 rings (SSSR count). The average molecular weight is 188 g/mol. The SMILES string of the molecule is N#CCCNc1nc2ncccc2o1. The van der Waals surface area contributed by atoms with Crippen LogP contribution >= 0.6 is 0 Å². The Hall–Kier alpha value is -2.09. The predicted octanol–water partition coefficient (Wildman–Crippen LogP) is 1.55. The number of aromatic nitrogens is 2. The summed E-state index contributed by atoms with van der Waals surface area (Å²) in [6.07, 6.45) is 2.08. The maximum absolute atomic E-state index is 8.33. The molecule has 2 aromatic heterocycles. The highest BCUT2D eigenvalue weighted by molar-refractivity contribution is 5.69. The summed E-state index contributed by atoms with van der Waals surface area (Å²) in [6.45, 7) is 0.531. The molecular formula is C9H8N4O. The number of fused-ring (bicyclic) bond motifs is 1. The highest BCUT2D eigenvalue weighted by Crippen LogP contribution is 2.15. The number of nitrogens with zero attached hydrogens (tertiary/aromatic N) is 3. The van der Waals surface area contributed by atoms with E-state index in [2.05, 4.69) is 15.3 Å². The number of hydrogen-bond donors (Lipinski definition) is 1. The lowest BCUT2D eigenvalue weighted by Gasteiger charge is -1.93. The Kier molecular flexibility index (Phi) is 2.28. The lowest BCUT2D eigenvalue weighted by atomic mass is 10.5. The minimum atomic E-state index is 0.411. The van der Waals surface area contributed by atoms with Gasteiger partial charge in [0, 0.05) is 12.7 Å². The van der Waals surface area contributed by atoms with Gasteiger partial charge in [-0.1, -0.05) is 0 Å². The fourth-order valence-corrected chi connectivity index (χ4v) is 1.07. The van der Waals surface area contributed by atoms with Crippen molar-refractivity contribution in [2.75, 3.05) is 11.9 Å². The molecule has 2 aromatic rings. The average Bonchev–Trinajstić information content (AvgIpc) is 2.60. The molecule has 0 aliphatic heterocycles. The first-order valence-corrected chi connectivity index (χ1v) is 4.22. The molecule has 0 aliphatic rings. The van der Waals surface area contributed by atoms with Crippen molar-refractivity contribution in [1.82, 2.24) is 9.97 Å². The van der Waals surface area contributed by atoms with E-state index in [-0.39, 0.29) is 0 Å². The monoisotopic (exact) mass is 188 g/mol. The van der Waals surface area contributed by atoms with E-state index < -0.39 is 0 Å². The Balaban J connectivity index is 2.15. The second kappa shape index (κ2) is 3.75. The summed E-state index contributed by atoms with van der Waals surface area (Å²) in [7, 11) is 0. The Bertz CT molecular complexity index is 438. The van der Waals surface area contributed by atoms with Crippen LogP contribution in [0.2, 0.25) is 0 Å². The van der Waals surface area contributed by atoms with Gasteiger partial charge in [-0.2, -0.15) is 10.2 Å². The first kappa shape index (κ1) is 8.51. The summed E-state index contributed by atoms with van der Waals surface area (Å²) < 4.78 is 5.32. The fraction of sp³-hybridized carbons (Fsp3) is 0.222. The quantitative estimate of drug-likeness (QED) is 0.739. The molecule has 1 N–H and O–H groups in total. The number of rotatable bonds is 3. The van der Waals surface area contributed by atoms with Crippen LogP contribution in [0.25, 0.3) is 11.2 Å². The van der Waals surface area contributed by atoms with Crippen LogP contribution in [-0.2, 0) is 0 Å². The normalized spacial score (nSPS) is 9.93. The van der Waals surface area contributed by atoms with Gasteiger partial charge in [0.15, 0.2) is 5.58 Å². The van der Waals surface area contributed by atoms with Gasteiger partial charge in [0.2, 0.25) is 5.65 Å². The number of hydrogen-bond acceptors (Lipinski definition) is 5. The second-order valence-corrected chi connectivity index (χ2v) is 2.68. The van der Waals surface area contributed by atoms with Crippen LogP contribution in [-0.4, -0.2) is 16.5 Å². The third-order valence-electron chi connectivity index (χ3n) is 1.68. The van der Waals surface area contributed by atoms with Crippen molar-refractivity contribution in [3.05, 3.63) is 18.3 Å². The van der Waals surface area contributed by atoms with Crippen LogP contribution in [0.5, 0.6) is 0 Å². The van der Waals surface area contributed by atoms with Crippen molar-refractivity contribution in [3.8, 4) is 6.07 Å². The van der Waals surface area contributed by atoms with Crippen LogP contribution in [0.1, 0.15) is 6.42 Å². The van der Waals surface area contributed by atoms with Crippen molar-refractivity contribution in [2.24, 2.45) is 0 Å². The zero-order valence-electron chi connectivity index (χ0n) is 7.40. The molecule has 0 aromatic carbocycles. The summed E-state index contributed by atoms with van der Waals surface area (Å²) in [5.41, 5.74) is 1.22. The van der Waals surface area contributed by atoms with Gasteiger partial charge in [-0.3, -0.25) is 0 Å². The number of nitriles is 1. The van der Waals surface area contributed by atoms with Crippen LogP contribution < -0.4 is 5.32 Å².